The standard InChI is InChI=1S/C9H14N2.CH5NO3S/c1-3-11-8-4-5-9(10)7(2)6-8;1-2-6(3,4)5/h4-6,11H,3,10H2,1-2H3;2H,1H3,(H,3,4,5). The molecule has 6 nitrogen and oxygen atoms in total. The van der Waals surface area contributed by atoms with Crippen molar-refractivity contribution in [3.05, 3.63) is 23.8 Å². The predicted octanol–water partition coefficient (Wildman–Crippen LogP) is 1.02. The van der Waals surface area contributed by atoms with Crippen molar-refractivity contribution in [2.75, 3.05) is 24.6 Å². The number of nitrogen functional groups attached to an aromatic ring is 1. The van der Waals surface area contributed by atoms with E-state index in [0.717, 1.165) is 30.5 Å². The number of anilines is 2. The van der Waals surface area contributed by atoms with Gasteiger partial charge in [-0.3, -0.25) is 4.55 Å². The van der Waals surface area contributed by atoms with Crippen molar-refractivity contribution < 1.29 is 13.0 Å². The van der Waals surface area contributed by atoms with E-state index in [1.54, 1.807) is 4.72 Å². The van der Waals surface area contributed by atoms with Crippen molar-refractivity contribution in [3.63, 3.8) is 0 Å². The second-order valence-electron chi connectivity index (χ2n) is 3.28. The fourth-order valence-corrected chi connectivity index (χ4v) is 0.990. The summed E-state index contributed by atoms with van der Waals surface area (Å²) in [7, 11) is -2.79. The first-order valence-corrected chi connectivity index (χ1v) is 6.50. The van der Waals surface area contributed by atoms with E-state index in [1.807, 2.05) is 19.1 Å². The Hall–Kier alpha value is -1.31. The van der Waals surface area contributed by atoms with Gasteiger partial charge in [0, 0.05) is 25.0 Å². The molecule has 0 spiro atoms. The first-order chi connectivity index (χ1) is 7.80. The van der Waals surface area contributed by atoms with Crippen LogP contribution >= 0.6 is 0 Å². The van der Waals surface area contributed by atoms with Crippen LogP contribution in [0.1, 0.15) is 12.5 Å². The molecule has 0 amide bonds. The highest BCUT2D eigenvalue weighted by molar-refractivity contribution is 7.83. The molecule has 1 aromatic carbocycles. The molecule has 7 heteroatoms. The minimum atomic E-state index is -3.91. The van der Waals surface area contributed by atoms with Crippen molar-refractivity contribution in [2.24, 2.45) is 0 Å². The summed E-state index contributed by atoms with van der Waals surface area (Å²) in [5.74, 6) is 0. The largest absolute Gasteiger partial charge is 0.399 e. The van der Waals surface area contributed by atoms with Crippen molar-refractivity contribution >= 4 is 21.7 Å². The molecule has 0 heterocycles. The van der Waals surface area contributed by atoms with Crippen LogP contribution in [-0.4, -0.2) is 26.6 Å². The maximum atomic E-state index is 9.44. The molecule has 0 aliphatic rings. The molecule has 0 atom stereocenters. The van der Waals surface area contributed by atoms with E-state index >= 15 is 0 Å². The van der Waals surface area contributed by atoms with Gasteiger partial charge in [-0.25, -0.2) is 0 Å². The first-order valence-electron chi connectivity index (χ1n) is 5.06. The Morgan fingerprint density at radius 3 is 2.29 bits per heavy atom. The average molecular weight is 261 g/mol. The Balaban J connectivity index is 0.000000366. The molecule has 1 rings (SSSR count). The number of hydrogen-bond donors (Lipinski definition) is 4. The Bertz CT molecular complexity index is 446. The molecule has 0 radical (unpaired) electrons. The lowest BCUT2D eigenvalue weighted by Gasteiger charge is -2.05. The van der Waals surface area contributed by atoms with Gasteiger partial charge in [0.25, 0.3) is 0 Å². The normalized spacial score (nSPS) is 10.4. The summed E-state index contributed by atoms with van der Waals surface area (Å²) in [6.45, 7) is 5.03. The monoisotopic (exact) mass is 261 g/mol. The summed E-state index contributed by atoms with van der Waals surface area (Å²) >= 11 is 0. The van der Waals surface area contributed by atoms with Crippen molar-refractivity contribution in [1.29, 1.82) is 0 Å². The zero-order valence-corrected chi connectivity index (χ0v) is 11.0. The smallest absolute Gasteiger partial charge is 0.333 e. The zero-order valence-electron chi connectivity index (χ0n) is 10.2. The molecule has 17 heavy (non-hydrogen) atoms. The van der Waals surface area contributed by atoms with Crippen LogP contribution in [0, 0.1) is 6.92 Å². The van der Waals surface area contributed by atoms with E-state index < -0.39 is 10.3 Å². The van der Waals surface area contributed by atoms with Gasteiger partial charge in [-0.15, -0.1) is 0 Å². The van der Waals surface area contributed by atoms with Crippen LogP contribution in [-0.2, 0) is 10.3 Å². The van der Waals surface area contributed by atoms with Crippen LogP contribution in [0.2, 0.25) is 0 Å². The number of aryl methyl sites for hydroxylation is 1. The van der Waals surface area contributed by atoms with Gasteiger partial charge in [-0.2, -0.15) is 13.1 Å². The van der Waals surface area contributed by atoms with Crippen molar-refractivity contribution in [3.8, 4) is 0 Å². The summed E-state index contributed by atoms with van der Waals surface area (Å²) in [4.78, 5) is 0. The Labute approximate surface area is 102 Å². The Morgan fingerprint density at radius 2 is 1.94 bits per heavy atom. The Morgan fingerprint density at radius 1 is 1.41 bits per heavy atom. The molecule has 0 aliphatic carbocycles. The van der Waals surface area contributed by atoms with Gasteiger partial charge >= 0.3 is 10.3 Å². The molecule has 0 fully saturated rings. The van der Waals surface area contributed by atoms with Gasteiger partial charge < -0.3 is 11.1 Å². The fourth-order valence-electron chi connectivity index (χ4n) is 0.990. The summed E-state index contributed by atoms with van der Waals surface area (Å²) < 4.78 is 28.2. The number of rotatable bonds is 3. The van der Waals surface area contributed by atoms with Gasteiger partial charge in [-0.05, 0) is 37.6 Å². The highest BCUT2D eigenvalue weighted by Crippen LogP contribution is 2.15. The van der Waals surface area contributed by atoms with E-state index in [0.29, 0.717) is 0 Å². The molecule has 0 unspecified atom stereocenters. The van der Waals surface area contributed by atoms with Crippen LogP contribution in [0.4, 0.5) is 11.4 Å². The van der Waals surface area contributed by atoms with Crippen LogP contribution < -0.4 is 15.8 Å². The van der Waals surface area contributed by atoms with E-state index in [2.05, 4.69) is 18.3 Å². The molecular weight excluding hydrogens is 242 g/mol. The quantitative estimate of drug-likeness (QED) is 0.480. The molecule has 5 N–H and O–H groups in total. The number of nitrogens with one attached hydrogen (secondary N) is 2. The van der Waals surface area contributed by atoms with Crippen molar-refractivity contribution in [1.82, 2.24) is 4.72 Å². The minimum Gasteiger partial charge on any atom is -0.399 e. The number of hydrogen-bond acceptors (Lipinski definition) is 4. The molecular formula is C10H19N3O3S. The fraction of sp³-hybridized carbons (Fsp3) is 0.400. The minimum absolute atomic E-state index is 0.853. The first kappa shape index (κ1) is 15.7. The predicted molar refractivity (Wildman–Crippen MR) is 70.4 cm³/mol. The van der Waals surface area contributed by atoms with E-state index in [9.17, 15) is 8.42 Å². The number of nitrogens with two attached hydrogens (primary N) is 1. The van der Waals surface area contributed by atoms with Gasteiger partial charge in [0.15, 0.2) is 0 Å². The van der Waals surface area contributed by atoms with E-state index in [4.69, 9.17) is 10.3 Å². The van der Waals surface area contributed by atoms with E-state index in [-0.39, 0.29) is 0 Å². The molecule has 0 aliphatic heterocycles. The summed E-state index contributed by atoms with van der Waals surface area (Å²) in [6, 6.07) is 5.97. The third-order valence-electron chi connectivity index (χ3n) is 1.91. The topological polar surface area (TPSA) is 104 Å². The van der Waals surface area contributed by atoms with Gasteiger partial charge in [-0.1, -0.05) is 0 Å². The molecule has 0 aromatic heterocycles. The average Bonchev–Trinajstić information content (AvgIpc) is 2.24. The molecule has 0 saturated carbocycles. The summed E-state index contributed by atoms with van der Waals surface area (Å²) in [5, 5.41) is 3.22. The summed E-state index contributed by atoms with van der Waals surface area (Å²) in [6.07, 6.45) is 0. The SMILES string of the molecule is CCNc1ccc(N)c(C)c1.CNS(=O)(=O)O. The van der Waals surface area contributed by atoms with Gasteiger partial charge in [0.2, 0.25) is 0 Å². The molecule has 98 valence electrons. The summed E-state index contributed by atoms with van der Waals surface area (Å²) in [5.41, 5.74) is 8.78. The highest BCUT2D eigenvalue weighted by Gasteiger charge is 1.93. The van der Waals surface area contributed by atoms with Crippen LogP contribution in [0.5, 0.6) is 0 Å². The second kappa shape index (κ2) is 7.10. The number of benzene rings is 1. The molecule has 0 bridgehead atoms. The van der Waals surface area contributed by atoms with Crippen molar-refractivity contribution in [2.45, 2.75) is 13.8 Å². The third kappa shape index (κ3) is 7.56. The third-order valence-corrected chi connectivity index (χ3v) is 2.42. The molecule has 1 aromatic rings. The molecule has 0 saturated heterocycles. The maximum Gasteiger partial charge on any atom is 0.333 e. The van der Waals surface area contributed by atoms with Crippen LogP contribution in [0.15, 0.2) is 18.2 Å². The van der Waals surface area contributed by atoms with E-state index in [1.165, 1.54) is 0 Å². The second-order valence-corrected chi connectivity index (χ2v) is 4.64. The highest BCUT2D eigenvalue weighted by atomic mass is 32.2. The van der Waals surface area contributed by atoms with Gasteiger partial charge in [0.1, 0.15) is 0 Å². The Kier molecular flexibility index (Phi) is 6.55. The van der Waals surface area contributed by atoms with Crippen LogP contribution in [0.25, 0.3) is 0 Å². The zero-order chi connectivity index (χ0) is 13.5. The maximum absolute atomic E-state index is 9.44. The lowest BCUT2D eigenvalue weighted by atomic mass is 10.2. The van der Waals surface area contributed by atoms with Gasteiger partial charge in [0.05, 0.1) is 0 Å². The van der Waals surface area contributed by atoms with Crippen LogP contribution in [0.3, 0.4) is 0 Å². The lowest BCUT2D eigenvalue weighted by molar-refractivity contribution is 0.473. The lowest BCUT2D eigenvalue weighted by Crippen LogP contribution is -2.16.